The van der Waals surface area contributed by atoms with Crippen LogP contribution in [0.3, 0.4) is 0 Å². The van der Waals surface area contributed by atoms with Gasteiger partial charge in [0, 0.05) is 42.1 Å². The van der Waals surface area contributed by atoms with Gasteiger partial charge in [0.2, 0.25) is 5.88 Å². The number of halogens is 1. The Morgan fingerprint density at radius 2 is 1.94 bits per heavy atom. The van der Waals surface area contributed by atoms with Gasteiger partial charge in [-0.25, -0.2) is 14.4 Å². The van der Waals surface area contributed by atoms with Gasteiger partial charge in [-0.15, -0.1) is 0 Å². The third-order valence-electron chi connectivity index (χ3n) is 6.39. The van der Waals surface area contributed by atoms with Crippen molar-refractivity contribution in [3.63, 3.8) is 0 Å². The zero-order chi connectivity index (χ0) is 23.7. The van der Waals surface area contributed by atoms with Gasteiger partial charge in [-0.1, -0.05) is 0 Å². The van der Waals surface area contributed by atoms with Gasteiger partial charge in [0.15, 0.2) is 0 Å². The summed E-state index contributed by atoms with van der Waals surface area (Å²) >= 11 is 0. The molecule has 2 N–H and O–H groups in total. The van der Waals surface area contributed by atoms with E-state index in [9.17, 15) is 9.18 Å². The van der Waals surface area contributed by atoms with Gasteiger partial charge in [0.25, 0.3) is 0 Å². The SMILES string of the molecule is Cc1cc(-c2ccc(O[C@H]3CC[C@@H](CC(=O)O)CC3)nc2)ncc1-c1nc2cc(F)ccc2[nH]1. The van der Waals surface area contributed by atoms with Gasteiger partial charge in [-0.3, -0.25) is 9.78 Å². The van der Waals surface area contributed by atoms with E-state index in [1.807, 2.05) is 25.1 Å². The van der Waals surface area contributed by atoms with Gasteiger partial charge in [0.05, 0.1) is 16.7 Å². The molecule has 1 saturated carbocycles. The Morgan fingerprint density at radius 3 is 2.65 bits per heavy atom. The number of aromatic nitrogens is 4. The van der Waals surface area contributed by atoms with E-state index in [1.54, 1.807) is 18.5 Å². The molecule has 0 saturated heterocycles. The summed E-state index contributed by atoms with van der Waals surface area (Å²) in [6, 6.07) is 10.2. The number of pyridine rings is 2. The van der Waals surface area contributed by atoms with E-state index in [-0.39, 0.29) is 24.3 Å². The minimum atomic E-state index is -0.730. The molecule has 0 spiro atoms. The molecule has 174 valence electrons. The van der Waals surface area contributed by atoms with Gasteiger partial charge >= 0.3 is 5.97 Å². The maximum Gasteiger partial charge on any atom is 0.303 e. The van der Waals surface area contributed by atoms with E-state index in [0.717, 1.165) is 53.6 Å². The van der Waals surface area contributed by atoms with Crippen molar-refractivity contribution in [3.05, 3.63) is 60.2 Å². The first-order valence-corrected chi connectivity index (χ1v) is 11.4. The summed E-state index contributed by atoms with van der Waals surface area (Å²) in [5, 5.41) is 8.95. The average molecular weight is 461 g/mol. The fraction of sp³-hybridized carbons (Fsp3) is 0.308. The maximum atomic E-state index is 13.5. The first-order valence-electron chi connectivity index (χ1n) is 11.4. The summed E-state index contributed by atoms with van der Waals surface area (Å²) in [4.78, 5) is 27.6. The minimum Gasteiger partial charge on any atom is -0.481 e. The molecule has 1 fully saturated rings. The number of hydrogen-bond acceptors (Lipinski definition) is 5. The third kappa shape index (κ3) is 4.76. The molecule has 3 aromatic heterocycles. The number of H-pyrrole nitrogens is 1. The summed E-state index contributed by atoms with van der Waals surface area (Å²) in [5.74, 6) is 0.407. The molecule has 5 rings (SSSR count). The first kappa shape index (κ1) is 22.0. The molecule has 3 heterocycles. The van der Waals surface area contributed by atoms with E-state index in [4.69, 9.17) is 9.84 Å². The highest BCUT2D eigenvalue weighted by atomic mass is 19.1. The van der Waals surface area contributed by atoms with Crippen LogP contribution in [-0.4, -0.2) is 37.1 Å². The number of carboxylic acids is 1. The molecule has 0 atom stereocenters. The molecule has 0 aliphatic heterocycles. The van der Waals surface area contributed by atoms with Crippen molar-refractivity contribution in [1.82, 2.24) is 19.9 Å². The quantitative estimate of drug-likeness (QED) is 0.391. The second-order valence-corrected chi connectivity index (χ2v) is 8.87. The monoisotopic (exact) mass is 460 g/mol. The topological polar surface area (TPSA) is 101 Å². The van der Waals surface area contributed by atoms with Crippen LogP contribution in [0, 0.1) is 18.7 Å². The van der Waals surface area contributed by atoms with Crippen molar-refractivity contribution >= 4 is 17.0 Å². The number of fused-ring (bicyclic) bond motifs is 1. The summed E-state index contributed by atoms with van der Waals surface area (Å²) in [6.07, 6.45) is 7.24. The normalized spacial score (nSPS) is 18.2. The number of benzene rings is 1. The molecule has 1 aliphatic carbocycles. The number of imidazole rings is 1. The zero-order valence-corrected chi connectivity index (χ0v) is 18.8. The van der Waals surface area contributed by atoms with Gasteiger partial charge in [0.1, 0.15) is 17.7 Å². The molecule has 34 heavy (non-hydrogen) atoms. The zero-order valence-electron chi connectivity index (χ0n) is 18.8. The summed E-state index contributed by atoms with van der Waals surface area (Å²) < 4.78 is 19.5. The molecule has 1 aliphatic rings. The number of aryl methyl sites for hydroxylation is 1. The van der Waals surface area contributed by atoms with Crippen molar-refractivity contribution in [2.45, 2.75) is 45.1 Å². The highest BCUT2D eigenvalue weighted by molar-refractivity contribution is 5.80. The molecule has 0 bridgehead atoms. The Bertz CT molecular complexity index is 1330. The molecule has 8 heteroatoms. The fourth-order valence-corrected chi connectivity index (χ4v) is 4.54. The smallest absolute Gasteiger partial charge is 0.303 e. The van der Waals surface area contributed by atoms with Crippen LogP contribution < -0.4 is 4.74 Å². The molecule has 7 nitrogen and oxygen atoms in total. The van der Waals surface area contributed by atoms with Crippen LogP contribution in [-0.2, 0) is 4.79 Å². The van der Waals surface area contributed by atoms with Crippen molar-refractivity contribution < 1.29 is 19.0 Å². The predicted molar refractivity (Wildman–Crippen MR) is 126 cm³/mol. The Labute approximate surface area is 196 Å². The van der Waals surface area contributed by atoms with Crippen LogP contribution in [0.25, 0.3) is 33.7 Å². The Kier molecular flexibility index (Phi) is 5.96. The lowest BCUT2D eigenvalue weighted by Crippen LogP contribution is -2.25. The average Bonchev–Trinajstić information content (AvgIpc) is 3.23. The molecule has 0 unspecified atom stereocenters. The highest BCUT2D eigenvalue weighted by Gasteiger charge is 2.24. The van der Waals surface area contributed by atoms with E-state index in [0.29, 0.717) is 17.2 Å². The van der Waals surface area contributed by atoms with E-state index < -0.39 is 5.97 Å². The number of aromatic amines is 1. The second-order valence-electron chi connectivity index (χ2n) is 8.87. The lowest BCUT2D eigenvalue weighted by Gasteiger charge is -2.27. The number of hydrogen-bond donors (Lipinski definition) is 2. The molecule has 0 amide bonds. The van der Waals surface area contributed by atoms with E-state index in [2.05, 4.69) is 19.9 Å². The Hall–Kier alpha value is -3.81. The first-order chi connectivity index (χ1) is 16.4. The maximum absolute atomic E-state index is 13.5. The highest BCUT2D eigenvalue weighted by Crippen LogP contribution is 2.30. The number of ether oxygens (including phenoxy) is 1. The Balaban J connectivity index is 1.26. The van der Waals surface area contributed by atoms with Crippen molar-refractivity contribution in [1.29, 1.82) is 0 Å². The van der Waals surface area contributed by atoms with Gasteiger partial charge < -0.3 is 14.8 Å². The van der Waals surface area contributed by atoms with Crippen LogP contribution in [0.2, 0.25) is 0 Å². The number of carboxylic acid groups (broad SMARTS) is 1. The lowest BCUT2D eigenvalue weighted by atomic mass is 9.85. The number of nitrogens with zero attached hydrogens (tertiary/aromatic N) is 3. The van der Waals surface area contributed by atoms with Crippen LogP contribution in [0.5, 0.6) is 5.88 Å². The van der Waals surface area contributed by atoms with Crippen molar-refractivity contribution in [2.24, 2.45) is 5.92 Å². The standard InChI is InChI=1S/C26H25FN4O3/c1-15-10-22(28-14-20(15)26-30-21-8-5-18(27)12-23(21)31-26)17-4-9-24(29-13-17)34-19-6-2-16(3-7-19)11-25(32)33/h4-5,8-10,12-14,16,19H,2-3,6-7,11H2,1H3,(H,30,31)(H,32,33)/t16-,19+. The molecule has 4 aromatic rings. The summed E-state index contributed by atoms with van der Waals surface area (Å²) in [7, 11) is 0. The number of aliphatic carboxylic acids is 1. The molecular formula is C26H25FN4O3. The number of rotatable bonds is 6. The van der Waals surface area contributed by atoms with Crippen molar-refractivity contribution in [3.8, 4) is 28.5 Å². The van der Waals surface area contributed by atoms with E-state index >= 15 is 0 Å². The second kappa shape index (κ2) is 9.21. The minimum absolute atomic E-state index is 0.0698. The van der Waals surface area contributed by atoms with Crippen LogP contribution in [0.15, 0.2) is 48.8 Å². The summed E-state index contributed by atoms with van der Waals surface area (Å²) in [6.45, 7) is 1.99. The number of nitrogens with one attached hydrogen (secondary N) is 1. The van der Waals surface area contributed by atoms with Crippen LogP contribution in [0.1, 0.15) is 37.7 Å². The van der Waals surface area contributed by atoms with Crippen molar-refractivity contribution in [2.75, 3.05) is 0 Å². The third-order valence-corrected chi connectivity index (χ3v) is 6.39. The lowest BCUT2D eigenvalue weighted by molar-refractivity contribution is -0.138. The van der Waals surface area contributed by atoms with E-state index in [1.165, 1.54) is 12.1 Å². The van der Waals surface area contributed by atoms with Crippen LogP contribution >= 0.6 is 0 Å². The summed E-state index contributed by atoms with van der Waals surface area (Å²) in [5.41, 5.74) is 4.86. The van der Waals surface area contributed by atoms with Gasteiger partial charge in [-0.05, 0) is 68.4 Å². The molecular weight excluding hydrogens is 435 g/mol. The number of carbonyl (C=O) groups is 1. The molecule has 1 aromatic carbocycles. The fourth-order valence-electron chi connectivity index (χ4n) is 4.54. The largest absolute Gasteiger partial charge is 0.481 e. The Morgan fingerprint density at radius 1 is 1.12 bits per heavy atom. The van der Waals surface area contributed by atoms with Crippen LogP contribution in [0.4, 0.5) is 4.39 Å². The van der Waals surface area contributed by atoms with Gasteiger partial charge in [-0.2, -0.15) is 0 Å². The molecule has 0 radical (unpaired) electrons. The predicted octanol–water partition coefficient (Wildman–Crippen LogP) is 5.55.